The number of halogens is 1. The number of carbonyl (C=O) groups is 3. The van der Waals surface area contributed by atoms with Crippen LogP contribution in [0.3, 0.4) is 0 Å². The van der Waals surface area contributed by atoms with Gasteiger partial charge in [0.25, 0.3) is 5.91 Å². The number of esters is 1. The smallest absolute Gasteiger partial charge is 0.312 e. The van der Waals surface area contributed by atoms with Gasteiger partial charge < -0.3 is 24.4 Å². The van der Waals surface area contributed by atoms with E-state index in [1.165, 1.54) is 15.9 Å². The summed E-state index contributed by atoms with van der Waals surface area (Å²) >= 11 is 6.52. The molecule has 3 saturated heterocycles. The Morgan fingerprint density at radius 2 is 1.90 bits per heavy atom. The Bertz CT molecular complexity index is 1300. The third-order valence-electron chi connectivity index (χ3n) is 8.23. The molecule has 210 valence electrons. The molecule has 0 saturated carbocycles. The van der Waals surface area contributed by atoms with Gasteiger partial charge in [-0.05, 0) is 37.0 Å². The van der Waals surface area contributed by atoms with Crippen molar-refractivity contribution in [2.45, 2.75) is 43.1 Å². The zero-order valence-electron chi connectivity index (χ0n) is 22.2. The number of likely N-dealkylation sites (tertiary alicyclic amines) is 1. The summed E-state index contributed by atoms with van der Waals surface area (Å²) in [5.74, 6) is -3.12. The van der Waals surface area contributed by atoms with Crippen molar-refractivity contribution in [3.05, 3.63) is 90.5 Å². The van der Waals surface area contributed by atoms with Crippen molar-refractivity contribution in [3.8, 4) is 0 Å². The van der Waals surface area contributed by atoms with E-state index in [0.717, 1.165) is 5.56 Å². The number of benzene rings is 2. The standard InChI is InChI=1S/C31H33ClN2O6/c1-3-16-33(23-13-9-8-12-22(23)32)29(37)27-31-15-14-24(40-31)25(30(38)39-17-4-2)26(31)28(36)34(27)21(19-35)18-20-10-6-5-7-11-20/h3-13,21,24-27,35H,1-2,14-19H2/t21-,24-,25+,26+,27?,31?/m1/s1. The Kier molecular flexibility index (Phi) is 8.12. The zero-order valence-corrected chi connectivity index (χ0v) is 22.9. The molecule has 1 N–H and O–H groups in total. The van der Waals surface area contributed by atoms with E-state index in [1.807, 2.05) is 30.3 Å². The predicted molar refractivity (Wildman–Crippen MR) is 151 cm³/mol. The Hall–Kier alpha value is -3.46. The number of amides is 2. The van der Waals surface area contributed by atoms with Crippen LogP contribution < -0.4 is 4.90 Å². The van der Waals surface area contributed by atoms with Gasteiger partial charge in [-0.2, -0.15) is 0 Å². The normalized spacial score (nSPS) is 27.2. The molecule has 8 nitrogen and oxygen atoms in total. The van der Waals surface area contributed by atoms with Crippen LogP contribution in [-0.4, -0.2) is 71.3 Å². The van der Waals surface area contributed by atoms with E-state index in [1.54, 1.807) is 30.3 Å². The highest BCUT2D eigenvalue weighted by Crippen LogP contribution is 2.59. The largest absolute Gasteiger partial charge is 0.461 e. The molecule has 3 heterocycles. The lowest BCUT2D eigenvalue weighted by molar-refractivity contribution is -0.154. The number of fused-ring (bicyclic) bond motifs is 1. The van der Waals surface area contributed by atoms with Gasteiger partial charge >= 0.3 is 5.97 Å². The molecule has 3 aliphatic rings. The molecule has 9 heteroatoms. The molecule has 0 radical (unpaired) electrons. The zero-order chi connectivity index (χ0) is 28.4. The summed E-state index contributed by atoms with van der Waals surface area (Å²) in [6, 6.07) is 14.6. The fourth-order valence-electron chi connectivity index (χ4n) is 6.66. The van der Waals surface area contributed by atoms with E-state index in [9.17, 15) is 19.5 Å². The fourth-order valence-corrected chi connectivity index (χ4v) is 6.90. The summed E-state index contributed by atoms with van der Waals surface area (Å²) in [7, 11) is 0. The molecular formula is C31H33ClN2O6. The molecule has 5 rings (SSSR count). The van der Waals surface area contributed by atoms with Crippen molar-refractivity contribution >= 4 is 35.1 Å². The van der Waals surface area contributed by atoms with Crippen molar-refractivity contribution in [2.75, 3.05) is 24.7 Å². The summed E-state index contributed by atoms with van der Waals surface area (Å²) in [6.07, 6.45) is 3.75. The van der Waals surface area contributed by atoms with Crippen LogP contribution in [0.2, 0.25) is 5.02 Å². The number of hydrogen-bond donors (Lipinski definition) is 1. The Balaban J connectivity index is 1.60. The van der Waals surface area contributed by atoms with E-state index in [0.29, 0.717) is 30.0 Å². The van der Waals surface area contributed by atoms with Crippen molar-refractivity contribution in [1.29, 1.82) is 0 Å². The molecule has 2 aromatic rings. The summed E-state index contributed by atoms with van der Waals surface area (Å²) < 4.78 is 11.9. The lowest BCUT2D eigenvalue weighted by Crippen LogP contribution is -2.59. The van der Waals surface area contributed by atoms with Crippen LogP contribution in [0.5, 0.6) is 0 Å². The highest BCUT2D eigenvalue weighted by atomic mass is 35.5. The van der Waals surface area contributed by atoms with Crippen LogP contribution in [0, 0.1) is 11.8 Å². The van der Waals surface area contributed by atoms with Gasteiger partial charge in [-0.1, -0.05) is 72.8 Å². The minimum absolute atomic E-state index is 0.00886. The number of aliphatic hydroxyl groups is 1. The predicted octanol–water partition coefficient (Wildman–Crippen LogP) is 3.57. The minimum atomic E-state index is -1.25. The van der Waals surface area contributed by atoms with Crippen LogP contribution in [0.25, 0.3) is 0 Å². The molecule has 0 aromatic heterocycles. The number of anilines is 1. The van der Waals surface area contributed by atoms with Crippen molar-refractivity contribution in [1.82, 2.24) is 4.90 Å². The minimum Gasteiger partial charge on any atom is -0.461 e. The SMILES string of the molecule is C=CCOC(=O)[C@@H]1[C@H]2C(=O)N([C@@H](CO)Cc3ccccc3)C(C(=O)N(CC=C)c3ccccc3Cl)C23CC[C@H]1O3. The molecule has 2 aromatic carbocycles. The third kappa shape index (κ3) is 4.64. The number of carbonyl (C=O) groups excluding carboxylic acids is 3. The quantitative estimate of drug-likeness (QED) is 0.331. The van der Waals surface area contributed by atoms with Gasteiger partial charge in [-0.3, -0.25) is 14.4 Å². The maximum absolute atomic E-state index is 14.6. The number of aliphatic hydroxyl groups excluding tert-OH is 1. The van der Waals surface area contributed by atoms with E-state index in [-0.39, 0.29) is 19.8 Å². The highest BCUT2D eigenvalue weighted by Gasteiger charge is 2.75. The molecule has 1 spiro atoms. The Morgan fingerprint density at radius 3 is 2.58 bits per heavy atom. The van der Waals surface area contributed by atoms with Crippen molar-refractivity contribution in [2.24, 2.45) is 11.8 Å². The van der Waals surface area contributed by atoms with Crippen LogP contribution in [-0.2, 0) is 30.3 Å². The summed E-state index contributed by atoms with van der Waals surface area (Å²) in [5.41, 5.74) is 0.123. The maximum atomic E-state index is 14.6. The Morgan fingerprint density at radius 1 is 1.18 bits per heavy atom. The molecule has 3 fully saturated rings. The first-order chi connectivity index (χ1) is 19.4. The molecule has 2 unspecified atom stereocenters. The van der Waals surface area contributed by atoms with Gasteiger partial charge in [0, 0.05) is 6.54 Å². The highest BCUT2D eigenvalue weighted by molar-refractivity contribution is 6.34. The van der Waals surface area contributed by atoms with Crippen LogP contribution in [0.1, 0.15) is 18.4 Å². The van der Waals surface area contributed by atoms with Crippen LogP contribution in [0.15, 0.2) is 79.9 Å². The number of hydrogen-bond acceptors (Lipinski definition) is 6. The van der Waals surface area contributed by atoms with E-state index < -0.39 is 53.4 Å². The molecule has 0 aliphatic carbocycles. The van der Waals surface area contributed by atoms with Gasteiger partial charge in [-0.25, -0.2) is 0 Å². The van der Waals surface area contributed by atoms with Crippen LogP contribution >= 0.6 is 11.6 Å². The molecule has 2 amide bonds. The van der Waals surface area contributed by atoms with Gasteiger partial charge in [0.2, 0.25) is 5.91 Å². The van der Waals surface area contributed by atoms with Gasteiger partial charge in [0.15, 0.2) is 0 Å². The topological polar surface area (TPSA) is 96.4 Å². The lowest BCUT2D eigenvalue weighted by Gasteiger charge is -2.39. The van der Waals surface area contributed by atoms with Crippen molar-refractivity contribution < 1.29 is 29.0 Å². The second kappa shape index (κ2) is 11.6. The second-order valence-corrected chi connectivity index (χ2v) is 10.8. The second-order valence-electron chi connectivity index (χ2n) is 10.4. The van der Waals surface area contributed by atoms with Gasteiger partial charge in [0.1, 0.15) is 18.2 Å². The van der Waals surface area contributed by atoms with E-state index >= 15 is 0 Å². The average molecular weight is 565 g/mol. The average Bonchev–Trinajstić information content (AvgIpc) is 3.61. The van der Waals surface area contributed by atoms with E-state index in [4.69, 9.17) is 21.1 Å². The monoisotopic (exact) mass is 564 g/mol. The number of para-hydroxylation sites is 1. The third-order valence-corrected chi connectivity index (χ3v) is 8.55. The molecule has 6 atom stereocenters. The lowest BCUT2D eigenvalue weighted by atomic mass is 9.70. The summed E-state index contributed by atoms with van der Waals surface area (Å²) in [6.45, 7) is 7.19. The van der Waals surface area contributed by atoms with Gasteiger partial charge in [0.05, 0.1) is 41.3 Å². The molecule has 2 bridgehead atoms. The van der Waals surface area contributed by atoms with Crippen LogP contribution in [0.4, 0.5) is 5.69 Å². The number of rotatable bonds is 11. The molecular weight excluding hydrogens is 532 g/mol. The Labute approximate surface area is 238 Å². The number of nitrogens with zero attached hydrogens (tertiary/aromatic N) is 2. The molecule has 3 aliphatic heterocycles. The van der Waals surface area contributed by atoms with Gasteiger partial charge in [-0.15, -0.1) is 6.58 Å². The molecule has 40 heavy (non-hydrogen) atoms. The number of ether oxygens (including phenoxy) is 2. The first kappa shape index (κ1) is 28.1. The first-order valence-electron chi connectivity index (χ1n) is 13.5. The fraction of sp³-hybridized carbons (Fsp3) is 0.387. The maximum Gasteiger partial charge on any atom is 0.312 e. The van der Waals surface area contributed by atoms with Crippen molar-refractivity contribution in [3.63, 3.8) is 0 Å². The first-order valence-corrected chi connectivity index (χ1v) is 13.8. The summed E-state index contributed by atoms with van der Waals surface area (Å²) in [5, 5.41) is 11.0. The van der Waals surface area contributed by atoms with E-state index in [2.05, 4.69) is 13.2 Å². The summed E-state index contributed by atoms with van der Waals surface area (Å²) in [4.78, 5) is 45.1.